The quantitative estimate of drug-likeness (QED) is 0.598. The number of anilines is 2. The van der Waals surface area contributed by atoms with Crippen molar-refractivity contribution >= 4 is 29.0 Å². The fraction of sp³-hybridized carbons (Fsp3) is 0.118. The van der Waals surface area contributed by atoms with Gasteiger partial charge in [-0.1, -0.05) is 6.07 Å². The third-order valence-electron chi connectivity index (χ3n) is 3.63. The summed E-state index contributed by atoms with van der Waals surface area (Å²) in [5, 5.41) is 16.0. The van der Waals surface area contributed by atoms with Gasteiger partial charge in [0.15, 0.2) is 0 Å². The van der Waals surface area contributed by atoms with Crippen LogP contribution in [0.15, 0.2) is 47.6 Å². The molecular formula is C17H15N3O3. The van der Waals surface area contributed by atoms with Gasteiger partial charge in [0.2, 0.25) is 5.91 Å². The predicted molar refractivity (Wildman–Crippen MR) is 88.0 cm³/mol. The van der Waals surface area contributed by atoms with Crippen LogP contribution in [0, 0.1) is 0 Å². The number of hydrogen-bond acceptors (Lipinski definition) is 4. The SMILES string of the molecule is C/C(=N/Nc1ccc(C(=O)O)cc1)c1ccc2c(c1)CC(=O)N2. The third kappa shape index (κ3) is 3.21. The number of fused-ring (bicyclic) bond motifs is 1. The van der Waals surface area contributed by atoms with Crippen LogP contribution in [0.4, 0.5) is 11.4 Å². The Kier molecular flexibility index (Phi) is 3.80. The minimum absolute atomic E-state index is 0.00314. The molecule has 0 saturated carbocycles. The molecule has 0 saturated heterocycles. The molecule has 1 aliphatic heterocycles. The van der Waals surface area contributed by atoms with Crippen molar-refractivity contribution in [2.75, 3.05) is 10.7 Å². The molecule has 6 nitrogen and oxygen atoms in total. The highest BCUT2D eigenvalue weighted by Crippen LogP contribution is 2.24. The van der Waals surface area contributed by atoms with E-state index < -0.39 is 5.97 Å². The number of carboxylic acids is 1. The Morgan fingerprint density at radius 1 is 1.17 bits per heavy atom. The lowest BCUT2D eigenvalue weighted by Gasteiger charge is -2.06. The summed E-state index contributed by atoms with van der Waals surface area (Å²) in [6.07, 6.45) is 0.389. The van der Waals surface area contributed by atoms with E-state index >= 15 is 0 Å². The Balaban J connectivity index is 1.74. The average Bonchev–Trinajstić information content (AvgIpc) is 2.92. The molecule has 0 bridgehead atoms. The van der Waals surface area contributed by atoms with Crippen molar-refractivity contribution in [3.8, 4) is 0 Å². The van der Waals surface area contributed by atoms with Gasteiger partial charge in [0.25, 0.3) is 0 Å². The number of rotatable bonds is 4. The van der Waals surface area contributed by atoms with E-state index in [1.165, 1.54) is 12.1 Å². The largest absolute Gasteiger partial charge is 0.478 e. The van der Waals surface area contributed by atoms with E-state index in [2.05, 4.69) is 15.8 Å². The number of aromatic carboxylic acids is 1. The minimum Gasteiger partial charge on any atom is -0.478 e. The molecule has 2 aromatic rings. The van der Waals surface area contributed by atoms with Crippen LogP contribution in [-0.4, -0.2) is 22.7 Å². The Bertz CT molecular complexity index is 810. The zero-order valence-electron chi connectivity index (χ0n) is 12.5. The van der Waals surface area contributed by atoms with Crippen LogP contribution in [0.2, 0.25) is 0 Å². The summed E-state index contributed by atoms with van der Waals surface area (Å²) in [5.74, 6) is -0.957. The Hall–Kier alpha value is -3.15. The van der Waals surface area contributed by atoms with E-state index in [0.29, 0.717) is 12.1 Å². The lowest BCUT2D eigenvalue weighted by molar-refractivity contribution is -0.115. The molecule has 0 unspecified atom stereocenters. The standard InChI is InChI=1S/C17H15N3O3/c1-10(12-4-7-15-13(8-12)9-16(21)18-15)19-20-14-5-2-11(3-6-14)17(22)23/h2-8,20H,9H2,1H3,(H,18,21)(H,22,23)/b19-10-. The molecule has 0 aromatic heterocycles. The highest BCUT2D eigenvalue weighted by atomic mass is 16.4. The summed E-state index contributed by atoms with van der Waals surface area (Å²) in [6.45, 7) is 1.87. The second kappa shape index (κ2) is 5.92. The van der Waals surface area contributed by atoms with Crippen LogP contribution in [0.25, 0.3) is 0 Å². The Morgan fingerprint density at radius 3 is 2.57 bits per heavy atom. The van der Waals surface area contributed by atoms with E-state index in [4.69, 9.17) is 5.11 Å². The van der Waals surface area contributed by atoms with Crippen molar-refractivity contribution in [3.05, 3.63) is 59.2 Å². The number of carbonyl (C=O) groups excluding carboxylic acids is 1. The number of hydrogen-bond donors (Lipinski definition) is 3. The fourth-order valence-electron chi connectivity index (χ4n) is 2.35. The second-order valence-corrected chi connectivity index (χ2v) is 5.29. The highest BCUT2D eigenvalue weighted by Gasteiger charge is 2.17. The van der Waals surface area contributed by atoms with Gasteiger partial charge in [-0.05, 0) is 54.4 Å². The maximum absolute atomic E-state index is 11.4. The molecule has 0 fully saturated rings. The van der Waals surface area contributed by atoms with E-state index in [0.717, 1.165) is 22.5 Å². The number of amides is 1. The number of nitrogens with one attached hydrogen (secondary N) is 2. The first kappa shape index (κ1) is 14.8. The molecule has 1 heterocycles. The van der Waals surface area contributed by atoms with E-state index in [-0.39, 0.29) is 11.5 Å². The Labute approximate surface area is 132 Å². The first-order valence-corrected chi connectivity index (χ1v) is 7.10. The number of nitrogens with zero attached hydrogens (tertiary/aromatic N) is 1. The van der Waals surface area contributed by atoms with Crippen molar-refractivity contribution in [3.63, 3.8) is 0 Å². The lowest BCUT2D eigenvalue weighted by atomic mass is 10.1. The molecule has 6 heteroatoms. The van der Waals surface area contributed by atoms with Crippen molar-refractivity contribution < 1.29 is 14.7 Å². The summed E-state index contributed by atoms with van der Waals surface area (Å²) in [6, 6.07) is 12.1. The Morgan fingerprint density at radius 2 is 1.87 bits per heavy atom. The number of carboxylic acid groups (broad SMARTS) is 1. The van der Waals surface area contributed by atoms with Gasteiger partial charge in [0, 0.05) is 5.69 Å². The van der Waals surface area contributed by atoms with Gasteiger partial charge in [-0.25, -0.2) is 4.79 Å². The molecule has 0 aliphatic carbocycles. The van der Waals surface area contributed by atoms with Crippen molar-refractivity contribution in [1.29, 1.82) is 0 Å². The molecular weight excluding hydrogens is 294 g/mol. The molecule has 0 atom stereocenters. The lowest BCUT2D eigenvalue weighted by Crippen LogP contribution is -2.03. The van der Waals surface area contributed by atoms with E-state index in [1.54, 1.807) is 12.1 Å². The van der Waals surface area contributed by atoms with Gasteiger partial charge in [0.05, 0.1) is 23.4 Å². The summed E-state index contributed by atoms with van der Waals surface area (Å²) < 4.78 is 0. The summed E-state index contributed by atoms with van der Waals surface area (Å²) in [7, 11) is 0. The van der Waals surface area contributed by atoms with Gasteiger partial charge >= 0.3 is 5.97 Å². The second-order valence-electron chi connectivity index (χ2n) is 5.29. The van der Waals surface area contributed by atoms with E-state index in [9.17, 15) is 9.59 Å². The molecule has 3 N–H and O–H groups in total. The molecule has 116 valence electrons. The van der Waals surface area contributed by atoms with Gasteiger partial charge in [-0.2, -0.15) is 5.10 Å². The average molecular weight is 309 g/mol. The molecule has 1 aliphatic rings. The number of benzene rings is 2. The van der Waals surface area contributed by atoms with Gasteiger partial charge < -0.3 is 10.4 Å². The molecule has 0 spiro atoms. The first-order chi connectivity index (χ1) is 11.0. The molecule has 2 aromatic carbocycles. The summed E-state index contributed by atoms with van der Waals surface area (Å²) in [5.41, 5.74) is 7.34. The zero-order valence-corrected chi connectivity index (χ0v) is 12.5. The third-order valence-corrected chi connectivity index (χ3v) is 3.63. The fourth-order valence-corrected chi connectivity index (χ4v) is 2.35. The minimum atomic E-state index is -0.961. The monoisotopic (exact) mass is 309 g/mol. The van der Waals surface area contributed by atoms with Gasteiger partial charge in [-0.15, -0.1) is 0 Å². The van der Waals surface area contributed by atoms with Gasteiger partial charge in [-0.3, -0.25) is 10.2 Å². The smallest absolute Gasteiger partial charge is 0.335 e. The van der Waals surface area contributed by atoms with Crippen LogP contribution in [0.1, 0.15) is 28.4 Å². The van der Waals surface area contributed by atoms with E-state index in [1.807, 2.05) is 25.1 Å². The van der Waals surface area contributed by atoms with Crippen LogP contribution < -0.4 is 10.7 Å². The number of hydrazone groups is 1. The molecule has 1 amide bonds. The van der Waals surface area contributed by atoms with Crippen LogP contribution in [0.5, 0.6) is 0 Å². The molecule has 0 radical (unpaired) electrons. The van der Waals surface area contributed by atoms with Crippen molar-refractivity contribution in [2.24, 2.45) is 5.10 Å². The molecule has 23 heavy (non-hydrogen) atoms. The van der Waals surface area contributed by atoms with Crippen molar-refractivity contribution in [1.82, 2.24) is 0 Å². The summed E-state index contributed by atoms with van der Waals surface area (Å²) in [4.78, 5) is 22.2. The van der Waals surface area contributed by atoms with Crippen molar-refractivity contribution in [2.45, 2.75) is 13.3 Å². The highest BCUT2D eigenvalue weighted by molar-refractivity contribution is 6.03. The molecule has 3 rings (SSSR count). The predicted octanol–water partition coefficient (Wildman–Crippen LogP) is 2.72. The number of carbonyl (C=O) groups is 2. The summed E-state index contributed by atoms with van der Waals surface area (Å²) >= 11 is 0. The maximum atomic E-state index is 11.4. The first-order valence-electron chi connectivity index (χ1n) is 7.10. The van der Waals surface area contributed by atoms with Crippen LogP contribution in [-0.2, 0) is 11.2 Å². The van der Waals surface area contributed by atoms with Gasteiger partial charge in [0.1, 0.15) is 0 Å². The maximum Gasteiger partial charge on any atom is 0.335 e. The topological polar surface area (TPSA) is 90.8 Å². The normalized spacial score (nSPS) is 13.4. The van der Waals surface area contributed by atoms with Crippen LogP contribution in [0.3, 0.4) is 0 Å². The zero-order chi connectivity index (χ0) is 16.4. The van der Waals surface area contributed by atoms with Crippen LogP contribution >= 0.6 is 0 Å².